The molecule has 0 saturated carbocycles. The first-order valence-corrected chi connectivity index (χ1v) is 10.8. The maximum Gasteiger partial charge on any atom is 0.174 e. The first-order chi connectivity index (χ1) is 14.6. The van der Waals surface area contributed by atoms with Crippen LogP contribution in [-0.4, -0.2) is 28.4 Å². The summed E-state index contributed by atoms with van der Waals surface area (Å²) in [5.74, 6) is 0.492. The van der Waals surface area contributed by atoms with Crippen molar-refractivity contribution in [2.24, 2.45) is 0 Å². The second-order valence-electron chi connectivity index (χ2n) is 7.86. The first-order valence-electron chi connectivity index (χ1n) is 10.3. The summed E-state index contributed by atoms with van der Waals surface area (Å²) in [5.41, 5.74) is 4.56. The molecule has 0 spiro atoms. The lowest BCUT2D eigenvalue weighted by molar-refractivity contribution is 0.186. The second-order valence-corrected chi connectivity index (χ2v) is 8.25. The van der Waals surface area contributed by atoms with Crippen LogP contribution in [0.2, 0.25) is 0 Å². The molecule has 1 saturated heterocycles. The maximum absolute atomic E-state index is 5.82. The number of aromatic nitrogens is 2. The Morgan fingerprint density at radius 1 is 1.10 bits per heavy atom. The van der Waals surface area contributed by atoms with E-state index < -0.39 is 0 Å². The molecule has 1 fully saturated rings. The lowest BCUT2D eigenvalue weighted by Gasteiger charge is -2.29. The van der Waals surface area contributed by atoms with Crippen LogP contribution in [0.15, 0.2) is 67.0 Å². The summed E-state index contributed by atoms with van der Waals surface area (Å²) in [5, 5.41) is 4.24. The number of nitrogens with zero attached hydrogens (tertiary/aromatic N) is 3. The lowest BCUT2D eigenvalue weighted by atomic mass is 9.99. The minimum absolute atomic E-state index is 0.0100. The van der Waals surface area contributed by atoms with E-state index in [1.54, 1.807) is 7.11 Å². The predicted molar refractivity (Wildman–Crippen MR) is 125 cm³/mol. The minimum Gasteiger partial charge on any atom is -0.383 e. The van der Waals surface area contributed by atoms with Gasteiger partial charge in [0.05, 0.1) is 18.3 Å². The van der Waals surface area contributed by atoms with Gasteiger partial charge in [-0.25, -0.2) is 0 Å². The molecule has 0 amide bonds. The number of ether oxygens (including phenoxy) is 1. The van der Waals surface area contributed by atoms with Crippen molar-refractivity contribution in [1.29, 1.82) is 0 Å². The Labute approximate surface area is 183 Å². The lowest BCUT2D eigenvalue weighted by Crippen LogP contribution is -2.30. The van der Waals surface area contributed by atoms with Crippen LogP contribution >= 0.6 is 12.2 Å². The van der Waals surface area contributed by atoms with Gasteiger partial charge in [-0.05, 0) is 60.1 Å². The zero-order chi connectivity index (χ0) is 21.1. The van der Waals surface area contributed by atoms with Gasteiger partial charge in [0.15, 0.2) is 5.11 Å². The molecule has 1 aromatic carbocycles. The largest absolute Gasteiger partial charge is 0.383 e. The highest BCUT2D eigenvalue weighted by Crippen LogP contribution is 2.41. The number of pyridine rings is 1. The van der Waals surface area contributed by atoms with Gasteiger partial charge in [0.1, 0.15) is 6.04 Å². The van der Waals surface area contributed by atoms with Crippen molar-refractivity contribution in [3.63, 3.8) is 0 Å². The third-order valence-corrected chi connectivity index (χ3v) is 5.95. The Hall–Kier alpha value is -2.70. The first kappa shape index (κ1) is 20.6. The summed E-state index contributed by atoms with van der Waals surface area (Å²) < 4.78 is 7.57. The molecular weight excluding hydrogens is 392 g/mol. The summed E-state index contributed by atoms with van der Waals surface area (Å²) >= 11 is 5.82. The molecule has 3 aromatic rings. The van der Waals surface area contributed by atoms with Gasteiger partial charge in [-0.1, -0.05) is 32.0 Å². The highest BCUT2D eigenvalue weighted by atomic mass is 32.1. The van der Waals surface area contributed by atoms with Crippen molar-refractivity contribution in [2.45, 2.75) is 38.4 Å². The van der Waals surface area contributed by atoms with Crippen LogP contribution in [0.4, 0.5) is 5.69 Å². The molecule has 1 aliphatic rings. The summed E-state index contributed by atoms with van der Waals surface area (Å²) in [6.07, 6.45) is 3.94. The smallest absolute Gasteiger partial charge is 0.174 e. The predicted octanol–water partition coefficient (Wildman–Crippen LogP) is 4.83. The van der Waals surface area contributed by atoms with Crippen LogP contribution in [0, 0.1) is 0 Å². The average molecular weight is 421 g/mol. The van der Waals surface area contributed by atoms with Crippen molar-refractivity contribution >= 4 is 23.0 Å². The van der Waals surface area contributed by atoms with Crippen molar-refractivity contribution in [2.75, 3.05) is 18.6 Å². The van der Waals surface area contributed by atoms with Gasteiger partial charge in [0, 0.05) is 37.4 Å². The van der Waals surface area contributed by atoms with Crippen molar-refractivity contribution < 1.29 is 4.74 Å². The van der Waals surface area contributed by atoms with Gasteiger partial charge in [-0.2, -0.15) is 0 Å². The molecule has 0 radical (unpaired) electrons. The Morgan fingerprint density at radius 3 is 2.57 bits per heavy atom. The fourth-order valence-corrected chi connectivity index (χ4v) is 4.39. The monoisotopic (exact) mass is 420 g/mol. The van der Waals surface area contributed by atoms with E-state index in [1.807, 2.05) is 18.3 Å². The average Bonchev–Trinajstić information content (AvgIpc) is 3.36. The molecule has 30 heavy (non-hydrogen) atoms. The fourth-order valence-electron chi connectivity index (χ4n) is 4.04. The molecular formula is C24H28N4OS. The van der Waals surface area contributed by atoms with Crippen molar-refractivity contribution in [3.8, 4) is 0 Å². The standard InChI is InChI=1S/C24H28N4OS/c1-17(2)18-9-11-19(12-10-18)28-23(21-8-6-14-27(21)15-16-29-3)22(26-24(28)30)20-7-4-5-13-25-20/h4-14,17,22-23H,15-16H2,1-3H3,(H,26,30). The van der Waals surface area contributed by atoms with E-state index in [0.29, 0.717) is 17.6 Å². The van der Waals surface area contributed by atoms with Crippen LogP contribution in [-0.2, 0) is 11.3 Å². The summed E-state index contributed by atoms with van der Waals surface area (Å²) in [4.78, 5) is 6.85. The van der Waals surface area contributed by atoms with Gasteiger partial charge >= 0.3 is 0 Å². The molecule has 0 aliphatic carbocycles. The zero-order valence-corrected chi connectivity index (χ0v) is 18.5. The number of benzene rings is 1. The maximum atomic E-state index is 5.82. The van der Waals surface area contributed by atoms with E-state index in [0.717, 1.165) is 17.9 Å². The zero-order valence-electron chi connectivity index (χ0n) is 17.7. The molecule has 0 bridgehead atoms. The Morgan fingerprint density at radius 2 is 1.90 bits per heavy atom. The topological polar surface area (TPSA) is 42.3 Å². The molecule has 4 rings (SSSR count). The second kappa shape index (κ2) is 8.98. The highest BCUT2D eigenvalue weighted by Gasteiger charge is 2.41. The molecule has 2 aromatic heterocycles. The van der Waals surface area contributed by atoms with Crippen molar-refractivity contribution in [3.05, 3.63) is 83.9 Å². The van der Waals surface area contributed by atoms with E-state index in [2.05, 4.69) is 82.3 Å². The molecule has 2 atom stereocenters. The number of methoxy groups -OCH3 is 1. The number of rotatable bonds is 7. The van der Waals surface area contributed by atoms with Gasteiger partial charge < -0.3 is 19.5 Å². The fraction of sp³-hybridized carbons (Fsp3) is 0.333. The Bertz CT molecular complexity index is 984. The van der Waals surface area contributed by atoms with Crippen LogP contribution in [0.5, 0.6) is 0 Å². The minimum atomic E-state index is -0.0420. The van der Waals surface area contributed by atoms with Gasteiger partial charge in [-0.3, -0.25) is 4.98 Å². The van der Waals surface area contributed by atoms with Gasteiger partial charge in [0.25, 0.3) is 0 Å². The molecule has 2 unspecified atom stereocenters. The van der Waals surface area contributed by atoms with Crippen LogP contribution in [0.3, 0.4) is 0 Å². The third-order valence-electron chi connectivity index (χ3n) is 5.64. The molecule has 5 nitrogen and oxygen atoms in total. The summed E-state index contributed by atoms with van der Waals surface area (Å²) in [6, 6.07) is 18.9. The summed E-state index contributed by atoms with van der Waals surface area (Å²) in [6.45, 7) is 5.86. The molecule has 1 N–H and O–H groups in total. The van der Waals surface area contributed by atoms with E-state index >= 15 is 0 Å². The van der Waals surface area contributed by atoms with Crippen LogP contribution < -0.4 is 10.2 Å². The normalized spacial score (nSPS) is 18.8. The number of hydrogen-bond donors (Lipinski definition) is 1. The molecule has 1 aliphatic heterocycles. The number of hydrogen-bond acceptors (Lipinski definition) is 3. The van der Waals surface area contributed by atoms with E-state index in [4.69, 9.17) is 17.0 Å². The van der Waals surface area contributed by atoms with Crippen LogP contribution in [0.25, 0.3) is 0 Å². The molecule has 3 heterocycles. The van der Waals surface area contributed by atoms with Gasteiger partial charge in [-0.15, -0.1) is 0 Å². The summed E-state index contributed by atoms with van der Waals surface area (Å²) in [7, 11) is 1.73. The highest BCUT2D eigenvalue weighted by molar-refractivity contribution is 7.80. The SMILES string of the molecule is COCCn1cccc1C1C(c2ccccn2)NC(=S)N1c1ccc(C(C)C)cc1. The van der Waals surface area contributed by atoms with Gasteiger partial charge in [0.2, 0.25) is 0 Å². The van der Waals surface area contributed by atoms with E-state index in [9.17, 15) is 0 Å². The molecule has 156 valence electrons. The Balaban J connectivity index is 1.78. The number of anilines is 1. The van der Waals surface area contributed by atoms with Crippen LogP contribution in [0.1, 0.15) is 48.8 Å². The third kappa shape index (κ3) is 3.98. The van der Waals surface area contributed by atoms with Crippen molar-refractivity contribution in [1.82, 2.24) is 14.9 Å². The molecule has 6 heteroatoms. The quantitative estimate of drug-likeness (QED) is 0.555. The van der Waals surface area contributed by atoms with E-state index in [1.165, 1.54) is 11.3 Å². The number of thiocarbonyl (C=S) groups is 1. The number of nitrogens with one attached hydrogen (secondary N) is 1. The van der Waals surface area contributed by atoms with E-state index in [-0.39, 0.29) is 12.1 Å². The Kier molecular flexibility index (Phi) is 6.16.